The highest BCUT2D eigenvalue weighted by molar-refractivity contribution is 5.83. The largest absolute Gasteiger partial charge is 0.481 e. The lowest BCUT2D eigenvalue weighted by Crippen LogP contribution is -2.50. The van der Waals surface area contributed by atoms with Crippen molar-refractivity contribution < 1.29 is 24.2 Å². The number of alkyl carbamates (subject to hydrolysis) is 1. The molecule has 2 heterocycles. The van der Waals surface area contributed by atoms with Gasteiger partial charge in [-0.3, -0.25) is 9.59 Å². The first kappa shape index (κ1) is 22.4. The van der Waals surface area contributed by atoms with Crippen molar-refractivity contribution in [3.05, 3.63) is 59.7 Å². The lowest BCUT2D eigenvalue weighted by atomic mass is 9.85. The predicted octanol–water partition coefficient (Wildman–Crippen LogP) is 4.16. The first-order chi connectivity index (χ1) is 16.4. The van der Waals surface area contributed by atoms with E-state index in [2.05, 4.69) is 29.6 Å². The van der Waals surface area contributed by atoms with Crippen LogP contribution >= 0.6 is 0 Å². The Kier molecular flexibility index (Phi) is 5.80. The number of amides is 2. The molecule has 1 unspecified atom stereocenters. The van der Waals surface area contributed by atoms with Crippen molar-refractivity contribution in [2.24, 2.45) is 5.92 Å². The average Bonchev–Trinajstić information content (AvgIpc) is 3.47. The highest BCUT2D eigenvalue weighted by Gasteiger charge is 2.55. The second-order valence-electron chi connectivity index (χ2n) is 9.84. The number of fused-ring (bicyclic) bond motifs is 5. The van der Waals surface area contributed by atoms with Gasteiger partial charge in [0.05, 0.1) is 17.9 Å². The zero-order chi connectivity index (χ0) is 23.9. The molecule has 2 fully saturated rings. The number of nitrogens with zero attached hydrogens (tertiary/aromatic N) is 1. The maximum atomic E-state index is 13.2. The number of carbonyl (C=O) groups is 3. The van der Waals surface area contributed by atoms with E-state index in [4.69, 9.17) is 4.74 Å². The molecule has 1 atom stereocenters. The zero-order valence-electron chi connectivity index (χ0n) is 19.3. The molecular formula is C27H30N2O5. The van der Waals surface area contributed by atoms with E-state index in [-0.39, 0.29) is 37.4 Å². The van der Waals surface area contributed by atoms with Crippen LogP contribution in [0.25, 0.3) is 11.1 Å². The smallest absolute Gasteiger partial charge is 0.407 e. The van der Waals surface area contributed by atoms with Gasteiger partial charge < -0.3 is 20.1 Å². The molecule has 0 saturated carbocycles. The van der Waals surface area contributed by atoms with Crippen LogP contribution in [0.15, 0.2) is 48.5 Å². The molecule has 3 aliphatic rings. The maximum Gasteiger partial charge on any atom is 0.407 e. The van der Waals surface area contributed by atoms with Gasteiger partial charge in [0, 0.05) is 18.5 Å². The van der Waals surface area contributed by atoms with Crippen LogP contribution in [0.3, 0.4) is 0 Å². The highest BCUT2D eigenvalue weighted by Crippen LogP contribution is 2.49. The normalized spacial score (nSPS) is 23.3. The van der Waals surface area contributed by atoms with E-state index in [0.717, 1.165) is 36.8 Å². The summed E-state index contributed by atoms with van der Waals surface area (Å²) in [5, 5.41) is 12.1. The molecule has 34 heavy (non-hydrogen) atoms. The topological polar surface area (TPSA) is 95.9 Å². The molecule has 2 N–H and O–H groups in total. The second-order valence-corrected chi connectivity index (χ2v) is 9.84. The minimum atomic E-state index is -0.871. The van der Waals surface area contributed by atoms with E-state index >= 15 is 0 Å². The summed E-state index contributed by atoms with van der Waals surface area (Å²) < 4.78 is 5.57. The van der Waals surface area contributed by atoms with Crippen molar-refractivity contribution in [3.63, 3.8) is 0 Å². The molecule has 7 heteroatoms. The summed E-state index contributed by atoms with van der Waals surface area (Å²) >= 11 is 0. The van der Waals surface area contributed by atoms with Gasteiger partial charge in [-0.25, -0.2) is 4.79 Å². The minimum absolute atomic E-state index is 0.0121. The molecule has 2 bridgehead atoms. The first-order valence-electron chi connectivity index (χ1n) is 12.0. The van der Waals surface area contributed by atoms with Crippen molar-refractivity contribution in [2.45, 2.75) is 56.5 Å². The minimum Gasteiger partial charge on any atom is -0.481 e. The molecule has 2 aliphatic heterocycles. The second kappa shape index (κ2) is 8.78. The van der Waals surface area contributed by atoms with Gasteiger partial charge in [-0.15, -0.1) is 0 Å². The van der Waals surface area contributed by atoms with Gasteiger partial charge in [0.25, 0.3) is 0 Å². The number of hydrogen-bond donors (Lipinski definition) is 2. The van der Waals surface area contributed by atoms with Crippen molar-refractivity contribution in [3.8, 4) is 11.1 Å². The third-order valence-electron chi connectivity index (χ3n) is 7.80. The molecule has 2 saturated heterocycles. The number of hydrogen-bond acceptors (Lipinski definition) is 4. The number of benzene rings is 2. The van der Waals surface area contributed by atoms with E-state index in [1.807, 2.05) is 29.2 Å². The van der Waals surface area contributed by atoms with Crippen LogP contribution in [0.5, 0.6) is 0 Å². The summed E-state index contributed by atoms with van der Waals surface area (Å²) in [5.41, 5.74) is 4.07. The summed E-state index contributed by atoms with van der Waals surface area (Å²) in [6, 6.07) is 16.4. The molecular weight excluding hydrogens is 432 g/mol. The van der Waals surface area contributed by atoms with Crippen LogP contribution in [-0.2, 0) is 14.3 Å². The van der Waals surface area contributed by atoms with E-state index in [1.165, 1.54) is 11.1 Å². The number of aliphatic carboxylic acids is 1. The van der Waals surface area contributed by atoms with Gasteiger partial charge in [-0.05, 0) is 47.9 Å². The molecule has 0 aromatic heterocycles. The number of nitrogens with one attached hydrogen (secondary N) is 1. The molecule has 5 rings (SSSR count). The lowest BCUT2D eigenvalue weighted by molar-refractivity contribution is -0.144. The van der Waals surface area contributed by atoms with Crippen LogP contribution in [0.2, 0.25) is 0 Å². The summed E-state index contributed by atoms with van der Waals surface area (Å²) in [6.07, 6.45) is 2.62. The lowest BCUT2D eigenvalue weighted by Gasteiger charge is -2.35. The average molecular weight is 463 g/mol. The molecule has 178 valence electrons. The van der Waals surface area contributed by atoms with Gasteiger partial charge in [-0.1, -0.05) is 55.5 Å². The van der Waals surface area contributed by atoms with Crippen molar-refractivity contribution in [1.29, 1.82) is 0 Å². The van der Waals surface area contributed by atoms with Crippen LogP contribution in [0.1, 0.15) is 56.1 Å². The summed E-state index contributed by atoms with van der Waals surface area (Å²) in [6.45, 7) is 2.15. The Hall–Kier alpha value is -3.35. The maximum absolute atomic E-state index is 13.2. The molecule has 1 aliphatic carbocycles. The predicted molar refractivity (Wildman–Crippen MR) is 126 cm³/mol. The van der Waals surface area contributed by atoms with Gasteiger partial charge in [-0.2, -0.15) is 0 Å². The monoisotopic (exact) mass is 462 g/mol. The van der Waals surface area contributed by atoms with E-state index in [0.29, 0.717) is 0 Å². The standard InChI is InChI=1S/C27H30N2O5/c1-17(25(32)29-18-10-12-27(29,13-11-18)14-24(30)31)15-28-26(33)34-16-23-21-8-4-2-6-19(21)20-7-3-5-9-22(20)23/h2-9,17-18,23H,10-16H2,1H3,(H,28,33)(H,30,31). The van der Waals surface area contributed by atoms with Gasteiger partial charge >= 0.3 is 12.1 Å². The fourth-order valence-corrected chi connectivity index (χ4v) is 6.19. The van der Waals surface area contributed by atoms with Crippen molar-refractivity contribution in [1.82, 2.24) is 10.2 Å². The fraction of sp³-hybridized carbons (Fsp3) is 0.444. The van der Waals surface area contributed by atoms with Crippen LogP contribution in [0.4, 0.5) is 4.79 Å². The Morgan fingerprint density at radius 1 is 1.06 bits per heavy atom. The van der Waals surface area contributed by atoms with Crippen molar-refractivity contribution in [2.75, 3.05) is 13.2 Å². The van der Waals surface area contributed by atoms with Crippen molar-refractivity contribution >= 4 is 18.0 Å². The zero-order valence-corrected chi connectivity index (χ0v) is 19.3. The molecule has 7 nitrogen and oxygen atoms in total. The van der Waals surface area contributed by atoms with Crippen LogP contribution < -0.4 is 5.32 Å². The summed E-state index contributed by atoms with van der Waals surface area (Å²) in [4.78, 5) is 38.9. The molecule has 0 spiro atoms. The van der Waals surface area contributed by atoms with Gasteiger partial charge in [0.2, 0.25) is 5.91 Å². The molecule has 2 aromatic carbocycles. The molecule has 2 aromatic rings. The van der Waals surface area contributed by atoms with E-state index < -0.39 is 23.5 Å². The summed E-state index contributed by atoms with van der Waals surface area (Å²) in [7, 11) is 0. The number of carboxylic acid groups (broad SMARTS) is 1. The quantitative estimate of drug-likeness (QED) is 0.644. The third-order valence-corrected chi connectivity index (χ3v) is 7.80. The fourth-order valence-electron chi connectivity index (χ4n) is 6.19. The molecule has 2 amide bonds. The Morgan fingerprint density at radius 2 is 1.65 bits per heavy atom. The number of carboxylic acids is 1. The Balaban J connectivity index is 1.17. The number of carbonyl (C=O) groups excluding carboxylic acids is 2. The number of rotatable bonds is 7. The summed E-state index contributed by atoms with van der Waals surface area (Å²) in [5.74, 6) is -1.43. The van der Waals surface area contributed by atoms with E-state index in [1.54, 1.807) is 6.92 Å². The highest BCUT2D eigenvalue weighted by atomic mass is 16.5. The molecule has 0 radical (unpaired) electrons. The first-order valence-corrected chi connectivity index (χ1v) is 12.0. The van der Waals surface area contributed by atoms with Gasteiger partial charge in [0.15, 0.2) is 0 Å². The third kappa shape index (κ3) is 3.83. The SMILES string of the molecule is CC(CNC(=O)OCC1c2ccccc2-c2ccccc21)C(=O)N1C2CCC1(CC(=O)O)CC2. The van der Waals surface area contributed by atoms with Crippen LogP contribution in [-0.4, -0.2) is 52.7 Å². The van der Waals surface area contributed by atoms with Crippen LogP contribution in [0, 0.1) is 5.92 Å². The Morgan fingerprint density at radius 3 is 2.24 bits per heavy atom. The Labute approximate surface area is 199 Å². The number of ether oxygens (including phenoxy) is 1. The van der Waals surface area contributed by atoms with Gasteiger partial charge in [0.1, 0.15) is 6.61 Å². The van der Waals surface area contributed by atoms with E-state index in [9.17, 15) is 19.5 Å². The Bertz CT molecular complexity index is 1080.